The van der Waals surface area contributed by atoms with Crippen LogP contribution in [0.4, 0.5) is 0 Å². The number of thiophene rings is 1. The predicted octanol–water partition coefficient (Wildman–Crippen LogP) is 1.49. The highest BCUT2D eigenvalue weighted by molar-refractivity contribution is 7.10. The zero-order valence-electron chi connectivity index (χ0n) is 10.9. The smallest absolute Gasteiger partial charge is 0.228 e. The summed E-state index contributed by atoms with van der Waals surface area (Å²) < 4.78 is 2.13. The average molecular weight is 276 g/mol. The lowest BCUT2D eigenvalue weighted by atomic mass is 10.2. The van der Waals surface area contributed by atoms with Gasteiger partial charge in [0, 0.05) is 24.4 Å². The van der Waals surface area contributed by atoms with E-state index in [1.807, 2.05) is 22.4 Å². The number of aryl methyl sites for hydroxylation is 1. The molecule has 0 aliphatic carbocycles. The quantitative estimate of drug-likeness (QED) is 0.853. The molecule has 1 aliphatic heterocycles. The van der Waals surface area contributed by atoms with E-state index in [4.69, 9.17) is 0 Å². The Kier molecular flexibility index (Phi) is 3.33. The fourth-order valence-electron chi connectivity index (χ4n) is 2.37. The third kappa shape index (κ3) is 2.40. The van der Waals surface area contributed by atoms with Crippen LogP contribution in [0, 0.1) is 0 Å². The van der Waals surface area contributed by atoms with E-state index >= 15 is 0 Å². The second-order valence-electron chi connectivity index (χ2n) is 4.61. The van der Waals surface area contributed by atoms with Crippen molar-refractivity contribution in [3.05, 3.63) is 34.0 Å². The summed E-state index contributed by atoms with van der Waals surface area (Å²) in [6, 6.07) is 3.98. The van der Waals surface area contributed by atoms with Crippen LogP contribution in [0.15, 0.2) is 17.5 Å². The number of carbonyl (C=O) groups is 1. The molecule has 0 atom stereocenters. The maximum atomic E-state index is 12.2. The van der Waals surface area contributed by atoms with Crippen molar-refractivity contribution >= 4 is 17.2 Å². The molecular formula is C13H16N4OS. The van der Waals surface area contributed by atoms with Gasteiger partial charge in [-0.15, -0.1) is 21.5 Å². The van der Waals surface area contributed by atoms with Crippen LogP contribution >= 0.6 is 11.3 Å². The number of hydrogen-bond donors (Lipinski definition) is 0. The molecule has 0 spiro atoms. The van der Waals surface area contributed by atoms with Crippen LogP contribution in [-0.4, -0.2) is 32.1 Å². The lowest BCUT2D eigenvalue weighted by Gasteiger charge is -2.27. The molecule has 1 amide bonds. The maximum Gasteiger partial charge on any atom is 0.228 e. The summed E-state index contributed by atoms with van der Waals surface area (Å²) in [6.07, 6.45) is 1.38. The number of fused-ring (bicyclic) bond motifs is 1. The molecule has 0 fully saturated rings. The fraction of sp³-hybridized carbons (Fsp3) is 0.462. The number of rotatable bonds is 3. The van der Waals surface area contributed by atoms with E-state index in [0.29, 0.717) is 13.0 Å². The molecular weight excluding hydrogens is 260 g/mol. The minimum absolute atomic E-state index is 0.176. The van der Waals surface area contributed by atoms with Crippen molar-refractivity contribution in [2.24, 2.45) is 0 Å². The molecule has 0 radical (unpaired) electrons. The highest BCUT2D eigenvalue weighted by Crippen LogP contribution is 2.16. The van der Waals surface area contributed by atoms with Crippen LogP contribution in [0.1, 0.15) is 23.4 Å². The molecule has 0 bridgehead atoms. The van der Waals surface area contributed by atoms with Gasteiger partial charge in [0.25, 0.3) is 0 Å². The standard InChI is InChI=1S/C13H16N4OS/c1-2-11-14-15-12-9-16(5-6-17(11)12)13(18)8-10-4-3-7-19-10/h3-4,7H,2,5-6,8-9H2,1H3. The second kappa shape index (κ2) is 5.13. The van der Waals surface area contributed by atoms with E-state index < -0.39 is 0 Å². The van der Waals surface area contributed by atoms with Crippen LogP contribution in [0.2, 0.25) is 0 Å². The van der Waals surface area contributed by atoms with Gasteiger partial charge in [0.05, 0.1) is 13.0 Å². The molecule has 0 aromatic carbocycles. The molecule has 100 valence electrons. The van der Waals surface area contributed by atoms with E-state index in [2.05, 4.69) is 21.7 Å². The fourth-order valence-corrected chi connectivity index (χ4v) is 3.06. The second-order valence-corrected chi connectivity index (χ2v) is 5.64. The summed E-state index contributed by atoms with van der Waals surface area (Å²) in [5.41, 5.74) is 0. The Morgan fingerprint density at radius 2 is 2.32 bits per heavy atom. The normalized spacial score (nSPS) is 14.5. The third-order valence-electron chi connectivity index (χ3n) is 3.40. The molecule has 0 unspecified atom stereocenters. The van der Waals surface area contributed by atoms with Crippen LogP contribution in [0.5, 0.6) is 0 Å². The SMILES string of the molecule is CCc1nnc2n1CCN(C(=O)Cc1cccs1)C2. The van der Waals surface area contributed by atoms with Crippen molar-refractivity contribution in [2.45, 2.75) is 32.9 Å². The van der Waals surface area contributed by atoms with Gasteiger partial charge in [-0.05, 0) is 11.4 Å². The first-order valence-electron chi connectivity index (χ1n) is 6.49. The molecule has 3 rings (SSSR count). The largest absolute Gasteiger partial charge is 0.333 e. The summed E-state index contributed by atoms with van der Waals surface area (Å²) >= 11 is 1.63. The first-order valence-corrected chi connectivity index (χ1v) is 7.37. The molecule has 0 saturated carbocycles. The lowest BCUT2D eigenvalue weighted by molar-refractivity contribution is -0.131. The molecule has 1 aliphatic rings. The van der Waals surface area contributed by atoms with Crippen molar-refractivity contribution in [1.29, 1.82) is 0 Å². The highest BCUT2D eigenvalue weighted by Gasteiger charge is 2.23. The van der Waals surface area contributed by atoms with Crippen LogP contribution in [0.25, 0.3) is 0 Å². The summed E-state index contributed by atoms with van der Waals surface area (Å²) in [5.74, 6) is 2.10. The Hall–Kier alpha value is -1.69. The summed E-state index contributed by atoms with van der Waals surface area (Å²) in [5, 5.41) is 10.3. The Labute approximate surface area is 115 Å². The summed E-state index contributed by atoms with van der Waals surface area (Å²) in [6.45, 7) is 4.22. The minimum atomic E-state index is 0.176. The number of nitrogens with zero attached hydrogens (tertiary/aromatic N) is 4. The molecule has 19 heavy (non-hydrogen) atoms. The van der Waals surface area contributed by atoms with Crippen LogP contribution < -0.4 is 0 Å². The van der Waals surface area contributed by atoms with Gasteiger partial charge < -0.3 is 9.47 Å². The van der Waals surface area contributed by atoms with E-state index in [0.717, 1.165) is 36.0 Å². The van der Waals surface area contributed by atoms with Gasteiger partial charge in [0.1, 0.15) is 5.82 Å². The van der Waals surface area contributed by atoms with Crippen LogP contribution in [-0.2, 0) is 30.7 Å². The summed E-state index contributed by atoms with van der Waals surface area (Å²) in [4.78, 5) is 15.2. The van der Waals surface area contributed by atoms with Gasteiger partial charge in [-0.25, -0.2) is 0 Å². The van der Waals surface area contributed by atoms with E-state index in [1.165, 1.54) is 0 Å². The zero-order valence-corrected chi connectivity index (χ0v) is 11.7. The molecule has 0 saturated heterocycles. The van der Waals surface area contributed by atoms with Gasteiger partial charge in [-0.1, -0.05) is 13.0 Å². The first-order chi connectivity index (χ1) is 9.28. The molecule has 3 heterocycles. The van der Waals surface area contributed by atoms with Crippen molar-refractivity contribution < 1.29 is 4.79 Å². The number of carbonyl (C=O) groups excluding carboxylic acids is 1. The highest BCUT2D eigenvalue weighted by atomic mass is 32.1. The Bertz CT molecular complexity index is 575. The van der Waals surface area contributed by atoms with E-state index in [-0.39, 0.29) is 5.91 Å². The Morgan fingerprint density at radius 3 is 3.05 bits per heavy atom. The van der Waals surface area contributed by atoms with Gasteiger partial charge in [-0.3, -0.25) is 4.79 Å². The van der Waals surface area contributed by atoms with Gasteiger partial charge in [0.2, 0.25) is 5.91 Å². The van der Waals surface area contributed by atoms with Gasteiger partial charge in [-0.2, -0.15) is 0 Å². The minimum Gasteiger partial charge on any atom is -0.333 e. The predicted molar refractivity (Wildman–Crippen MR) is 72.8 cm³/mol. The maximum absolute atomic E-state index is 12.2. The molecule has 6 heteroatoms. The van der Waals surface area contributed by atoms with Crippen LogP contribution in [0.3, 0.4) is 0 Å². The number of hydrogen-bond acceptors (Lipinski definition) is 4. The number of aromatic nitrogens is 3. The Morgan fingerprint density at radius 1 is 1.42 bits per heavy atom. The monoisotopic (exact) mass is 276 g/mol. The van der Waals surface area contributed by atoms with Crippen molar-refractivity contribution in [2.75, 3.05) is 6.54 Å². The summed E-state index contributed by atoms with van der Waals surface area (Å²) in [7, 11) is 0. The number of amides is 1. The van der Waals surface area contributed by atoms with Gasteiger partial charge >= 0.3 is 0 Å². The average Bonchev–Trinajstić information content (AvgIpc) is 3.06. The molecule has 2 aromatic heterocycles. The molecule has 5 nitrogen and oxygen atoms in total. The Balaban J connectivity index is 1.70. The van der Waals surface area contributed by atoms with E-state index in [9.17, 15) is 4.79 Å². The van der Waals surface area contributed by atoms with E-state index in [1.54, 1.807) is 11.3 Å². The third-order valence-corrected chi connectivity index (χ3v) is 4.28. The van der Waals surface area contributed by atoms with Gasteiger partial charge in [0.15, 0.2) is 5.82 Å². The zero-order chi connectivity index (χ0) is 13.2. The lowest BCUT2D eigenvalue weighted by Crippen LogP contribution is -2.39. The molecule has 0 N–H and O–H groups in total. The topological polar surface area (TPSA) is 51.0 Å². The molecule has 2 aromatic rings. The first kappa shape index (κ1) is 12.3. The van der Waals surface area contributed by atoms with Crippen molar-refractivity contribution in [1.82, 2.24) is 19.7 Å². The van der Waals surface area contributed by atoms with Crippen molar-refractivity contribution in [3.63, 3.8) is 0 Å². The van der Waals surface area contributed by atoms with Crippen molar-refractivity contribution in [3.8, 4) is 0 Å².